The van der Waals surface area contributed by atoms with Gasteiger partial charge in [0.05, 0.1) is 25.4 Å². The Balaban J connectivity index is 1.47. The number of anilines is 1. The number of rotatable bonds is 6. The van der Waals surface area contributed by atoms with Gasteiger partial charge in [0.25, 0.3) is 5.91 Å². The highest BCUT2D eigenvalue weighted by atomic mass is 16.5. The van der Waals surface area contributed by atoms with E-state index in [0.29, 0.717) is 34.4 Å². The molecule has 0 unspecified atom stereocenters. The van der Waals surface area contributed by atoms with Crippen LogP contribution in [0.15, 0.2) is 66.9 Å². The molecule has 0 saturated heterocycles. The van der Waals surface area contributed by atoms with Crippen LogP contribution < -0.4 is 19.5 Å². The van der Waals surface area contributed by atoms with E-state index in [9.17, 15) is 4.79 Å². The topological polar surface area (TPSA) is 87.5 Å². The van der Waals surface area contributed by atoms with E-state index in [-0.39, 0.29) is 5.91 Å². The van der Waals surface area contributed by atoms with Gasteiger partial charge in [0.2, 0.25) is 0 Å². The molecule has 0 aliphatic carbocycles. The molecule has 0 spiro atoms. The molecule has 5 rings (SSSR count). The fraction of sp³-hybridized carbons (Fsp3) is 0.148. The number of amides is 1. The van der Waals surface area contributed by atoms with Gasteiger partial charge in [-0.15, -0.1) is 0 Å². The predicted molar refractivity (Wildman–Crippen MR) is 135 cm³/mol. The molecule has 8 nitrogen and oxygen atoms in total. The molecule has 0 radical (unpaired) electrons. The number of ether oxygens (including phenoxy) is 3. The maximum absolute atomic E-state index is 13.0. The molecular formula is C27H24N4O4. The maximum atomic E-state index is 13.0. The van der Waals surface area contributed by atoms with Gasteiger partial charge in [0.1, 0.15) is 17.3 Å². The third-order valence-electron chi connectivity index (χ3n) is 5.77. The molecule has 3 aromatic carbocycles. The van der Waals surface area contributed by atoms with E-state index in [1.165, 1.54) is 0 Å². The van der Waals surface area contributed by atoms with E-state index in [1.54, 1.807) is 44.3 Å². The lowest BCUT2D eigenvalue weighted by Crippen LogP contribution is -2.14. The molecule has 0 aliphatic heterocycles. The Kier molecular flexibility index (Phi) is 5.70. The molecule has 1 amide bonds. The molecule has 0 aliphatic rings. The van der Waals surface area contributed by atoms with Crippen molar-refractivity contribution >= 4 is 33.4 Å². The van der Waals surface area contributed by atoms with Crippen LogP contribution in [0.3, 0.4) is 0 Å². The summed E-state index contributed by atoms with van der Waals surface area (Å²) in [7, 11) is 4.97. The number of hydrogen-bond acceptors (Lipinski definition) is 6. The second-order valence-corrected chi connectivity index (χ2v) is 8.07. The maximum Gasteiger partial charge on any atom is 0.257 e. The van der Waals surface area contributed by atoms with Crippen LogP contribution in [0.2, 0.25) is 0 Å². The summed E-state index contributed by atoms with van der Waals surface area (Å²) < 4.78 is 18.7. The summed E-state index contributed by atoms with van der Waals surface area (Å²) in [6.45, 7) is 1.88. The van der Waals surface area contributed by atoms with Crippen LogP contribution in [0.25, 0.3) is 21.7 Å². The average molecular weight is 469 g/mol. The first-order chi connectivity index (χ1) is 17.0. The molecule has 2 heterocycles. The molecule has 176 valence electrons. The smallest absolute Gasteiger partial charge is 0.257 e. The Morgan fingerprint density at radius 2 is 1.71 bits per heavy atom. The lowest BCUT2D eigenvalue weighted by atomic mass is 10.0. The highest BCUT2D eigenvalue weighted by Crippen LogP contribution is 2.37. The summed E-state index contributed by atoms with van der Waals surface area (Å²) in [4.78, 5) is 17.4. The Morgan fingerprint density at radius 3 is 2.46 bits per heavy atom. The van der Waals surface area contributed by atoms with E-state index in [1.807, 2.05) is 55.5 Å². The van der Waals surface area contributed by atoms with Crippen molar-refractivity contribution in [3.8, 4) is 23.0 Å². The molecule has 1 N–H and O–H groups in total. The van der Waals surface area contributed by atoms with E-state index < -0.39 is 0 Å². The van der Waals surface area contributed by atoms with Gasteiger partial charge in [-0.3, -0.25) is 14.5 Å². The Labute approximate surface area is 202 Å². The summed E-state index contributed by atoms with van der Waals surface area (Å²) in [5.74, 6) is 2.91. The molecule has 8 heteroatoms. The van der Waals surface area contributed by atoms with E-state index >= 15 is 0 Å². The average Bonchev–Trinajstić information content (AvgIpc) is 3.18. The van der Waals surface area contributed by atoms with Crippen molar-refractivity contribution in [3.05, 3.63) is 78.1 Å². The summed E-state index contributed by atoms with van der Waals surface area (Å²) in [5.41, 5.74) is 2.13. The molecular weight excluding hydrogens is 444 g/mol. The number of nitrogens with zero attached hydrogens (tertiary/aromatic N) is 3. The lowest BCUT2D eigenvalue weighted by Gasteiger charge is -2.13. The van der Waals surface area contributed by atoms with Gasteiger partial charge in [-0.2, -0.15) is 5.10 Å². The third-order valence-corrected chi connectivity index (χ3v) is 5.77. The zero-order chi connectivity index (χ0) is 24.5. The summed E-state index contributed by atoms with van der Waals surface area (Å²) in [5, 5.41) is 9.72. The van der Waals surface area contributed by atoms with E-state index in [4.69, 9.17) is 14.2 Å². The number of pyridine rings is 1. The largest absolute Gasteiger partial charge is 0.493 e. The van der Waals surface area contributed by atoms with Crippen molar-refractivity contribution in [2.75, 3.05) is 19.5 Å². The number of aromatic nitrogens is 3. The predicted octanol–water partition coefficient (Wildman–Crippen LogP) is 5.49. The first-order valence-electron chi connectivity index (χ1n) is 11.0. The molecule has 2 aromatic heterocycles. The molecule has 0 atom stereocenters. The highest BCUT2D eigenvalue weighted by molar-refractivity contribution is 6.12. The molecule has 0 bridgehead atoms. The molecule has 5 aromatic rings. The second-order valence-electron chi connectivity index (χ2n) is 8.07. The minimum Gasteiger partial charge on any atom is -0.493 e. The summed E-state index contributed by atoms with van der Waals surface area (Å²) in [6, 6.07) is 18.6. The third kappa shape index (κ3) is 4.21. The Morgan fingerprint density at radius 1 is 0.914 bits per heavy atom. The normalized spacial score (nSPS) is 11.0. The van der Waals surface area contributed by atoms with Crippen molar-refractivity contribution in [1.82, 2.24) is 14.8 Å². The van der Waals surface area contributed by atoms with Gasteiger partial charge in [-0.05, 0) is 54.1 Å². The fourth-order valence-electron chi connectivity index (χ4n) is 4.10. The Bertz CT molecular complexity index is 1580. The number of hydrogen-bond donors (Lipinski definition) is 1. The van der Waals surface area contributed by atoms with Crippen molar-refractivity contribution in [1.29, 1.82) is 0 Å². The van der Waals surface area contributed by atoms with Gasteiger partial charge >= 0.3 is 0 Å². The second kappa shape index (κ2) is 8.98. The number of nitrogens with one attached hydrogen (secondary N) is 1. The van der Waals surface area contributed by atoms with Crippen LogP contribution in [0, 0.1) is 6.92 Å². The fourth-order valence-corrected chi connectivity index (χ4v) is 4.10. The number of fused-ring (bicyclic) bond motifs is 2. The van der Waals surface area contributed by atoms with Crippen LogP contribution in [0.5, 0.6) is 23.0 Å². The first-order valence-corrected chi connectivity index (χ1v) is 11.0. The van der Waals surface area contributed by atoms with Gasteiger partial charge in [0, 0.05) is 36.3 Å². The SMILES string of the molecule is COc1cc2nccc(Oc3ccc4c(C(=O)Nc5cc(C)nn5C)cccc4c3)c2cc1OC. The number of aryl methyl sites for hydroxylation is 2. The van der Waals surface area contributed by atoms with Gasteiger partial charge in [0.15, 0.2) is 11.5 Å². The first kappa shape index (κ1) is 22.2. The Hall–Kier alpha value is -4.59. The van der Waals surface area contributed by atoms with Crippen molar-refractivity contribution in [3.63, 3.8) is 0 Å². The molecule has 35 heavy (non-hydrogen) atoms. The van der Waals surface area contributed by atoms with Crippen LogP contribution >= 0.6 is 0 Å². The zero-order valence-electron chi connectivity index (χ0n) is 19.8. The number of methoxy groups -OCH3 is 2. The van der Waals surface area contributed by atoms with Crippen LogP contribution in [0.1, 0.15) is 16.1 Å². The minimum atomic E-state index is -0.201. The van der Waals surface area contributed by atoms with Gasteiger partial charge in [-0.1, -0.05) is 12.1 Å². The number of carbonyl (C=O) groups is 1. The van der Waals surface area contributed by atoms with Crippen molar-refractivity contribution in [2.45, 2.75) is 6.92 Å². The molecule has 0 fully saturated rings. The quantitative estimate of drug-likeness (QED) is 0.354. The number of benzene rings is 3. The minimum absolute atomic E-state index is 0.201. The van der Waals surface area contributed by atoms with Crippen LogP contribution in [-0.2, 0) is 7.05 Å². The molecule has 0 saturated carbocycles. The lowest BCUT2D eigenvalue weighted by molar-refractivity contribution is 0.102. The van der Waals surface area contributed by atoms with Gasteiger partial charge in [-0.25, -0.2) is 0 Å². The summed E-state index contributed by atoms with van der Waals surface area (Å²) >= 11 is 0. The standard InChI is InChI=1S/C27H24N4O4/c1-16-12-26(31(2)30-16)29-27(32)20-7-5-6-17-13-18(8-9-19(17)20)35-23-10-11-28-22-15-25(34-4)24(33-3)14-21(22)23/h5-15H,1-4H3,(H,29,32). The zero-order valence-corrected chi connectivity index (χ0v) is 19.8. The van der Waals surface area contributed by atoms with E-state index in [0.717, 1.165) is 27.4 Å². The highest BCUT2D eigenvalue weighted by Gasteiger charge is 2.15. The van der Waals surface area contributed by atoms with Gasteiger partial charge < -0.3 is 19.5 Å². The van der Waals surface area contributed by atoms with Crippen LogP contribution in [0.4, 0.5) is 5.82 Å². The van der Waals surface area contributed by atoms with Crippen LogP contribution in [-0.4, -0.2) is 34.9 Å². The number of carbonyl (C=O) groups excluding carboxylic acids is 1. The van der Waals surface area contributed by atoms with E-state index in [2.05, 4.69) is 15.4 Å². The van der Waals surface area contributed by atoms with Crippen molar-refractivity contribution < 1.29 is 19.0 Å². The summed E-state index contributed by atoms with van der Waals surface area (Å²) in [6.07, 6.45) is 1.69. The monoisotopic (exact) mass is 468 g/mol. The van der Waals surface area contributed by atoms with Crippen molar-refractivity contribution in [2.24, 2.45) is 7.05 Å².